The van der Waals surface area contributed by atoms with Gasteiger partial charge in [0, 0.05) is 12.5 Å². The van der Waals surface area contributed by atoms with E-state index in [4.69, 9.17) is 14.2 Å². The van der Waals surface area contributed by atoms with E-state index in [1.54, 1.807) is 51.1 Å². The second-order valence-electron chi connectivity index (χ2n) is 5.63. The van der Waals surface area contributed by atoms with Gasteiger partial charge in [-0.2, -0.15) is 0 Å². The molecule has 0 aromatic heterocycles. The van der Waals surface area contributed by atoms with Gasteiger partial charge in [0.15, 0.2) is 0 Å². The SMILES string of the molecule is CCOC(=O)C1(C(=O)OCC)C(C(C)OC(C)=O)=Cc2ccccc21. The Morgan fingerprint density at radius 1 is 1.04 bits per heavy atom. The van der Waals surface area contributed by atoms with Crippen molar-refractivity contribution in [3.63, 3.8) is 0 Å². The first-order valence-corrected chi connectivity index (χ1v) is 8.22. The molecule has 2 rings (SSSR count). The predicted molar refractivity (Wildman–Crippen MR) is 90.6 cm³/mol. The number of fused-ring (bicyclic) bond motifs is 1. The predicted octanol–water partition coefficient (Wildman–Crippen LogP) is 2.40. The Morgan fingerprint density at radius 2 is 1.60 bits per heavy atom. The molecule has 0 spiro atoms. The van der Waals surface area contributed by atoms with Crippen molar-refractivity contribution >= 4 is 24.0 Å². The van der Waals surface area contributed by atoms with Crippen LogP contribution in [-0.2, 0) is 34.0 Å². The van der Waals surface area contributed by atoms with Gasteiger partial charge in [0.1, 0.15) is 6.10 Å². The summed E-state index contributed by atoms with van der Waals surface area (Å²) >= 11 is 0. The van der Waals surface area contributed by atoms with Crippen molar-refractivity contribution in [3.05, 3.63) is 41.0 Å². The molecule has 1 atom stereocenters. The molecular weight excluding hydrogens is 324 g/mol. The van der Waals surface area contributed by atoms with Crippen molar-refractivity contribution in [2.75, 3.05) is 13.2 Å². The maximum atomic E-state index is 12.9. The maximum Gasteiger partial charge on any atom is 0.332 e. The minimum absolute atomic E-state index is 0.109. The smallest absolute Gasteiger partial charge is 0.332 e. The second kappa shape index (κ2) is 7.51. The molecule has 0 saturated heterocycles. The summed E-state index contributed by atoms with van der Waals surface area (Å²) in [5, 5.41) is 0. The van der Waals surface area contributed by atoms with Gasteiger partial charge >= 0.3 is 17.9 Å². The number of benzene rings is 1. The average molecular weight is 346 g/mol. The van der Waals surface area contributed by atoms with Crippen LogP contribution in [0.25, 0.3) is 6.08 Å². The molecule has 25 heavy (non-hydrogen) atoms. The Hall–Kier alpha value is -2.63. The molecule has 1 aliphatic carbocycles. The van der Waals surface area contributed by atoms with Crippen molar-refractivity contribution in [2.24, 2.45) is 0 Å². The van der Waals surface area contributed by atoms with Gasteiger partial charge in [-0.05, 0) is 38.0 Å². The monoisotopic (exact) mass is 346 g/mol. The van der Waals surface area contributed by atoms with E-state index in [0.717, 1.165) is 0 Å². The van der Waals surface area contributed by atoms with Gasteiger partial charge in [0.2, 0.25) is 5.41 Å². The summed E-state index contributed by atoms with van der Waals surface area (Å²) < 4.78 is 15.7. The molecule has 1 aromatic rings. The molecule has 1 aromatic carbocycles. The van der Waals surface area contributed by atoms with E-state index in [1.165, 1.54) is 6.92 Å². The Kier molecular flexibility index (Phi) is 5.62. The summed E-state index contributed by atoms with van der Waals surface area (Å²) in [6.45, 7) is 6.43. The lowest BCUT2D eigenvalue weighted by molar-refractivity contribution is -0.164. The van der Waals surface area contributed by atoms with Crippen molar-refractivity contribution in [1.82, 2.24) is 0 Å². The van der Waals surface area contributed by atoms with Crippen molar-refractivity contribution in [3.8, 4) is 0 Å². The Bertz CT molecular complexity index is 700. The molecule has 6 heteroatoms. The van der Waals surface area contributed by atoms with Crippen LogP contribution >= 0.6 is 0 Å². The zero-order chi connectivity index (χ0) is 18.6. The summed E-state index contributed by atoms with van der Waals surface area (Å²) in [6.07, 6.45) is 0.898. The lowest BCUT2D eigenvalue weighted by atomic mass is 9.75. The van der Waals surface area contributed by atoms with Crippen LogP contribution in [-0.4, -0.2) is 37.2 Å². The lowest BCUT2D eigenvalue weighted by Crippen LogP contribution is -2.49. The summed E-state index contributed by atoms with van der Waals surface area (Å²) in [5.74, 6) is -1.97. The van der Waals surface area contributed by atoms with E-state index in [9.17, 15) is 14.4 Å². The van der Waals surface area contributed by atoms with E-state index in [-0.39, 0.29) is 13.2 Å². The Balaban J connectivity index is 2.68. The first-order valence-electron chi connectivity index (χ1n) is 8.22. The molecule has 6 nitrogen and oxygen atoms in total. The van der Waals surface area contributed by atoms with Crippen molar-refractivity contribution < 1.29 is 28.6 Å². The minimum atomic E-state index is -1.77. The van der Waals surface area contributed by atoms with Gasteiger partial charge < -0.3 is 14.2 Å². The lowest BCUT2D eigenvalue weighted by Gasteiger charge is -2.31. The highest BCUT2D eigenvalue weighted by Crippen LogP contribution is 2.46. The summed E-state index contributed by atoms with van der Waals surface area (Å²) in [4.78, 5) is 37.3. The fraction of sp³-hybridized carbons (Fsp3) is 0.421. The number of rotatable bonds is 6. The van der Waals surface area contributed by atoms with Crippen LogP contribution in [0.1, 0.15) is 38.8 Å². The standard InChI is InChI=1S/C19H22O6/c1-5-23-17(21)19(18(22)24-6-2)15-10-8-7-9-14(15)11-16(19)12(3)25-13(4)20/h7-12H,5-6H2,1-4H3. The third kappa shape index (κ3) is 3.16. The first-order chi connectivity index (χ1) is 11.9. The summed E-state index contributed by atoms with van der Waals surface area (Å²) in [7, 11) is 0. The van der Waals surface area contributed by atoms with Crippen molar-refractivity contribution in [2.45, 2.75) is 39.2 Å². The van der Waals surface area contributed by atoms with Gasteiger partial charge in [0.05, 0.1) is 13.2 Å². The van der Waals surface area contributed by atoms with Gasteiger partial charge in [-0.25, -0.2) is 0 Å². The highest BCUT2D eigenvalue weighted by Gasteiger charge is 2.58. The zero-order valence-corrected chi connectivity index (χ0v) is 14.8. The Labute approximate surface area is 146 Å². The number of esters is 3. The van der Waals surface area contributed by atoms with Crippen LogP contribution in [0.2, 0.25) is 0 Å². The number of hydrogen-bond donors (Lipinski definition) is 0. The molecule has 0 fully saturated rings. The van der Waals surface area contributed by atoms with E-state index in [2.05, 4.69) is 0 Å². The van der Waals surface area contributed by atoms with Crippen LogP contribution in [0, 0.1) is 0 Å². The molecule has 0 aliphatic heterocycles. The Morgan fingerprint density at radius 3 is 2.12 bits per heavy atom. The summed E-state index contributed by atoms with van der Waals surface area (Å²) in [5.41, 5.74) is -0.267. The molecule has 134 valence electrons. The van der Waals surface area contributed by atoms with Gasteiger partial charge in [-0.1, -0.05) is 24.3 Å². The molecule has 1 aliphatic rings. The van der Waals surface area contributed by atoms with Crippen LogP contribution in [0.15, 0.2) is 29.8 Å². The van der Waals surface area contributed by atoms with Crippen LogP contribution in [0.5, 0.6) is 0 Å². The normalized spacial score (nSPS) is 15.6. The highest BCUT2D eigenvalue weighted by atomic mass is 16.6. The third-order valence-corrected chi connectivity index (χ3v) is 4.05. The molecule has 0 radical (unpaired) electrons. The molecule has 0 bridgehead atoms. The fourth-order valence-corrected chi connectivity index (χ4v) is 3.15. The quantitative estimate of drug-likeness (QED) is 0.447. The number of carbonyl (C=O) groups excluding carboxylic acids is 3. The van der Waals surface area contributed by atoms with E-state index < -0.39 is 29.4 Å². The van der Waals surface area contributed by atoms with E-state index in [0.29, 0.717) is 16.7 Å². The van der Waals surface area contributed by atoms with Crippen molar-refractivity contribution in [1.29, 1.82) is 0 Å². The molecule has 1 unspecified atom stereocenters. The van der Waals surface area contributed by atoms with E-state index in [1.807, 2.05) is 0 Å². The molecule has 0 heterocycles. The largest absolute Gasteiger partial charge is 0.465 e. The van der Waals surface area contributed by atoms with Gasteiger partial charge in [-0.15, -0.1) is 0 Å². The first kappa shape index (κ1) is 18.7. The van der Waals surface area contributed by atoms with E-state index >= 15 is 0 Å². The molecule has 0 N–H and O–H groups in total. The number of carbonyl (C=O) groups is 3. The fourth-order valence-electron chi connectivity index (χ4n) is 3.15. The van der Waals surface area contributed by atoms with Gasteiger partial charge in [-0.3, -0.25) is 14.4 Å². The van der Waals surface area contributed by atoms with Crippen LogP contribution in [0.4, 0.5) is 0 Å². The topological polar surface area (TPSA) is 78.9 Å². The molecule has 0 amide bonds. The van der Waals surface area contributed by atoms with Crippen LogP contribution < -0.4 is 0 Å². The average Bonchev–Trinajstić information content (AvgIpc) is 2.91. The molecule has 0 saturated carbocycles. The zero-order valence-electron chi connectivity index (χ0n) is 14.8. The molecular formula is C19H22O6. The van der Waals surface area contributed by atoms with Crippen LogP contribution in [0.3, 0.4) is 0 Å². The second-order valence-corrected chi connectivity index (χ2v) is 5.63. The highest BCUT2D eigenvalue weighted by molar-refractivity contribution is 6.13. The number of ether oxygens (including phenoxy) is 3. The third-order valence-electron chi connectivity index (χ3n) is 4.05. The summed E-state index contributed by atoms with van der Waals surface area (Å²) in [6, 6.07) is 7.01. The number of hydrogen-bond acceptors (Lipinski definition) is 6. The minimum Gasteiger partial charge on any atom is -0.465 e. The maximum absolute atomic E-state index is 12.9. The van der Waals surface area contributed by atoms with Gasteiger partial charge in [0.25, 0.3) is 0 Å².